The molecule has 94 valence electrons. The van der Waals surface area contributed by atoms with Gasteiger partial charge in [0.2, 0.25) is 0 Å². The topological polar surface area (TPSA) is 78.9 Å². The summed E-state index contributed by atoms with van der Waals surface area (Å²) < 4.78 is 0. The molecule has 1 heterocycles. The molecule has 0 aliphatic heterocycles. The van der Waals surface area contributed by atoms with Gasteiger partial charge in [-0.1, -0.05) is 19.8 Å². The van der Waals surface area contributed by atoms with Gasteiger partial charge in [-0.2, -0.15) is 5.10 Å². The predicted molar refractivity (Wildman–Crippen MR) is 62.6 cm³/mol. The third-order valence-electron chi connectivity index (χ3n) is 3.63. The van der Waals surface area contributed by atoms with Gasteiger partial charge in [0.15, 0.2) is 0 Å². The highest BCUT2D eigenvalue weighted by Gasteiger charge is 2.37. The van der Waals surface area contributed by atoms with Crippen molar-refractivity contribution in [2.75, 3.05) is 0 Å². The van der Waals surface area contributed by atoms with Crippen LogP contribution in [0.15, 0.2) is 0 Å². The quantitative estimate of drug-likeness (QED) is 0.820. The number of aryl methyl sites for hydroxylation is 1. The van der Waals surface area contributed by atoms with E-state index in [2.05, 4.69) is 15.2 Å². The number of carbonyl (C=O) groups is 1. The number of nitrogens with one attached hydrogen (secondary N) is 1. The van der Waals surface area contributed by atoms with Crippen molar-refractivity contribution in [3.05, 3.63) is 11.6 Å². The fraction of sp³-hybridized carbons (Fsp3) is 0.750. The van der Waals surface area contributed by atoms with E-state index in [1.54, 1.807) is 0 Å². The molecule has 1 saturated carbocycles. The Bertz CT molecular complexity index is 394. The Morgan fingerprint density at radius 1 is 1.47 bits per heavy atom. The standard InChI is InChI=1S/C12H19N3O2/c1-2-9-13-10(15-14-9)7-12(8-11(16)17)5-3-4-6-12/h2-8H2,1H3,(H,16,17)(H,13,14,15). The number of rotatable bonds is 5. The monoisotopic (exact) mass is 237 g/mol. The maximum Gasteiger partial charge on any atom is 0.303 e. The van der Waals surface area contributed by atoms with Crippen LogP contribution in [0, 0.1) is 5.41 Å². The van der Waals surface area contributed by atoms with Crippen LogP contribution in [0.5, 0.6) is 0 Å². The molecule has 0 bridgehead atoms. The van der Waals surface area contributed by atoms with Gasteiger partial charge < -0.3 is 5.11 Å². The summed E-state index contributed by atoms with van der Waals surface area (Å²) in [4.78, 5) is 15.4. The Morgan fingerprint density at radius 3 is 2.71 bits per heavy atom. The van der Waals surface area contributed by atoms with Crippen molar-refractivity contribution in [1.82, 2.24) is 15.2 Å². The summed E-state index contributed by atoms with van der Waals surface area (Å²) in [6.07, 6.45) is 6.00. The summed E-state index contributed by atoms with van der Waals surface area (Å²) in [5.74, 6) is 0.940. The van der Waals surface area contributed by atoms with Crippen LogP contribution < -0.4 is 0 Å². The minimum Gasteiger partial charge on any atom is -0.481 e. The maximum atomic E-state index is 11.0. The van der Waals surface area contributed by atoms with Crippen molar-refractivity contribution in [2.45, 2.75) is 51.9 Å². The molecule has 0 spiro atoms. The van der Waals surface area contributed by atoms with Crippen LogP contribution in [0.3, 0.4) is 0 Å². The molecule has 0 atom stereocenters. The number of aromatic amines is 1. The molecule has 5 heteroatoms. The average molecular weight is 237 g/mol. The van der Waals surface area contributed by atoms with Crippen molar-refractivity contribution in [1.29, 1.82) is 0 Å². The van der Waals surface area contributed by atoms with Gasteiger partial charge in [-0.3, -0.25) is 9.89 Å². The number of H-pyrrole nitrogens is 1. The number of carboxylic acids is 1. The summed E-state index contributed by atoms with van der Waals surface area (Å²) in [6, 6.07) is 0. The van der Waals surface area contributed by atoms with Gasteiger partial charge in [0.1, 0.15) is 11.6 Å². The Balaban J connectivity index is 2.09. The number of hydrogen-bond acceptors (Lipinski definition) is 3. The number of carboxylic acid groups (broad SMARTS) is 1. The largest absolute Gasteiger partial charge is 0.481 e. The zero-order valence-electron chi connectivity index (χ0n) is 10.2. The molecule has 2 N–H and O–H groups in total. The van der Waals surface area contributed by atoms with Crippen molar-refractivity contribution < 1.29 is 9.90 Å². The summed E-state index contributed by atoms with van der Waals surface area (Å²) >= 11 is 0. The van der Waals surface area contributed by atoms with Gasteiger partial charge in [0.25, 0.3) is 0 Å². The molecular weight excluding hydrogens is 218 g/mol. The highest BCUT2D eigenvalue weighted by Crippen LogP contribution is 2.43. The smallest absolute Gasteiger partial charge is 0.303 e. The lowest BCUT2D eigenvalue weighted by molar-refractivity contribution is -0.139. The summed E-state index contributed by atoms with van der Waals surface area (Å²) in [5, 5.41) is 16.1. The van der Waals surface area contributed by atoms with E-state index in [1.807, 2.05) is 6.92 Å². The summed E-state index contributed by atoms with van der Waals surface area (Å²) in [7, 11) is 0. The Hall–Kier alpha value is -1.39. The van der Waals surface area contributed by atoms with Crippen LogP contribution in [-0.4, -0.2) is 26.3 Å². The molecule has 1 aromatic rings. The van der Waals surface area contributed by atoms with Crippen LogP contribution in [-0.2, 0) is 17.6 Å². The van der Waals surface area contributed by atoms with E-state index in [0.717, 1.165) is 43.8 Å². The molecule has 0 unspecified atom stereocenters. The van der Waals surface area contributed by atoms with Gasteiger partial charge in [0, 0.05) is 12.8 Å². The van der Waals surface area contributed by atoms with Crippen molar-refractivity contribution in [3.8, 4) is 0 Å². The Labute approximate surface area is 101 Å². The first-order valence-electron chi connectivity index (χ1n) is 6.25. The van der Waals surface area contributed by atoms with Crippen LogP contribution >= 0.6 is 0 Å². The molecule has 17 heavy (non-hydrogen) atoms. The molecule has 2 rings (SSSR count). The van der Waals surface area contributed by atoms with Gasteiger partial charge in [0.05, 0.1) is 6.42 Å². The molecule has 1 aliphatic carbocycles. The van der Waals surface area contributed by atoms with Gasteiger partial charge in [-0.05, 0) is 18.3 Å². The zero-order valence-corrected chi connectivity index (χ0v) is 10.2. The highest BCUT2D eigenvalue weighted by atomic mass is 16.4. The summed E-state index contributed by atoms with van der Waals surface area (Å²) in [6.45, 7) is 2.01. The molecule has 5 nitrogen and oxygen atoms in total. The lowest BCUT2D eigenvalue weighted by Gasteiger charge is -2.25. The van der Waals surface area contributed by atoms with E-state index in [1.165, 1.54) is 0 Å². The second-order valence-corrected chi connectivity index (χ2v) is 5.01. The summed E-state index contributed by atoms with van der Waals surface area (Å²) in [5.41, 5.74) is -0.101. The number of aliphatic carboxylic acids is 1. The van der Waals surface area contributed by atoms with Crippen LogP contribution in [0.1, 0.15) is 50.7 Å². The first-order chi connectivity index (χ1) is 8.13. The lowest BCUT2D eigenvalue weighted by atomic mass is 9.79. The first-order valence-corrected chi connectivity index (χ1v) is 6.25. The molecule has 0 radical (unpaired) electrons. The third-order valence-corrected chi connectivity index (χ3v) is 3.63. The molecule has 1 fully saturated rings. The highest BCUT2D eigenvalue weighted by molar-refractivity contribution is 5.67. The number of hydrogen-bond donors (Lipinski definition) is 2. The van der Waals surface area contributed by atoms with Gasteiger partial charge in [-0.25, -0.2) is 4.98 Å². The minimum atomic E-state index is -0.706. The van der Waals surface area contributed by atoms with E-state index in [4.69, 9.17) is 5.11 Å². The normalized spacial score (nSPS) is 18.4. The van der Waals surface area contributed by atoms with Gasteiger partial charge in [-0.15, -0.1) is 0 Å². The van der Waals surface area contributed by atoms with E-state index >= 15 is 0 Å². The van der Waals surface area contributed by atoms with Crippen molar-refractivity contribution in [2.24, 2.45) is 5.41 Å². The van der Waals surface area contributed by atoms with Crippen LogP contribution in [0.25, 0.3) is 0 Å². The molecule has 1 aliphatic rings. The fourth-order valence-electron chi connectivity index (χ4n) is 2.79. The molecule has 0 amide bonds. The number of aromatic nitrogens is 3. The Morgan fingerprint density at radius 2 is 2.18 bits per heavy atom. The second-order valence-electron chi connectivity index (χ2n) is 5.01. The molecular formula is C12H19N3O2. The first kappa shape index (κ1) is 12.1. The van der Waals surface area contributed by atoms with Crippen molar-refractivity contribution in [3.63, 3.8) is 0 Å². The van der Waals surface area contributed by atoms with E-state index in [0.29, 0.717) is 6.42 Å². The molecule has 1 aromatic heterocycles. The molecule has 0 saturated heterocycles. The van der Waals surface area contributed by atoms with Crippen molar-refractivity contribution >= 4 is 5.97 Å². The second kappa shape index (κ2) is 4.85. The maximum absolute atomic E-state index is 11.0. The Kier molecular flexibility index (Phi) is 3.45. The average Bonchev–Trinajstić information content (AvgIpc) is 2.87. The lowest BCUT2D eigenvalue weighted by Crippen LogP contribution is -2.24. The van der Waals surface area contributed by atoms with Crippen LogP contribution in [0.4, 0.5) is 0 Å². The third kappa shape index (κ3) is 2.84. The van der Waals surface area contributed by atoms with E-state index < -0.39 is 5.97 Å². The zero-order chi connectivity index (χ0) is 12.3. The fourth-order valence-corrected chi connectivity index (χ4v) is 2.79. The number of nitrogens with zero attached hydrogens (tertiary/aromatic N) is 2. The SMILES string of the molecule is CCc1n[nH]c(CC2(CC(=O)O)CCCC2)n1. The predicted octanol–water partition coefficient (Wildman–Crippen LogP) is 1.94. The minimum absolute atomic E-state index is 0.101. The van der Waals surface area contributed by atoms with E-state index in [9.17, 15) is 4.79 Å². The van der Waals surface area contributed by atoms with Gasteiger partial charge >= 0.3 is 5.97 Å². The molecule has 0 aromatic carbocycles. The van der Waals surface area contributed by atoms with E-state index in [-0.39, 0.29) is 11.8 Å². The van der Waals surface area contributed by atoms with Crippen LogP contribution in [0.2, 0.25) is 0 Å².